The molecule has 2 fully saturated rings. The predicted molar refractivity (Wildman–Crippen MR) is 91.2 cm³/mol. The van der Waals surface area contributed by atoms with E-state index in [4.69, 9.17) is 0 Å². The number of carbonyl (C=O) groups is 1. The van der Waals surface area contributed by atoms with Crippen LogP contribution in [0.15, 0.2) is 6.20 Å². The van der Waals surface area contributed by atoms with Gasteiger partial charge in [-0.05, 0) is 12.8 Å². The summed E-state index contributed by atoms with van der Waals surface area (Å²) in [7, 11) is 0. The van der Waals surface area contributed by atoms with Crippen LogP contribution in [0.5, 0.6) is 0 Å². The molecule has 128 valence electrons. The van der Waals surface area contributed by atoms with Crippen molar-refractivity contribution in [1.82, 2.24) is 20.0 Å². The largest absolute Gasteiger partial charge is 0.337 e. The maximum Gasteiger partial charge on any atom is 0.237 e. The van der Waals surface area contributed by atoms with E-state index >= 15 is 0 Å². The lowest BCUT2D eigenvalue weighted by molar-refractivity contribution is -0.139. The molecule has 0 aromatic carbocycles. The highest BCUT2D eigenvalue weighted by atomic mass is 16.2. The molecule has 5 nitrogen and oxygen atoms in total. The van der Waals surface area contributed by atoms with Gasteiger partial charge in [0.1, 0.15) is 0 Å². The van der Waals surface area contributed by atoms with E-state index in [1.54, 1.807) is 0 Å². The first-order valence-electron chi connectivity index (χ1n) is 8.99. The quantitative estimate of drug-likeness (QED) is 0.932. The summed E-state index contributed by atoms with van der Waals surface area (Å²) in [5.41, 5.74) is 2.45. The topological polar surface area (TPSA) is 52.2 Å². The number of carbonyl (C=O) groups excluding carboxylic acids is 1. The van der Waals surface area contributed by atoms with E-state index in [0.29, 0.717) is 18.5 Å². The fourth-order valence-corrected chi connectivity index (χ4v) is 3.97. The SMILES string of the molecule is CC(C)(C)c1[nH]ncc1CN1CCN(C2CCCCC2)C(=O)C1. The average molecular weight is 318 g/mol. The number of H-pyrrole nitrogens is 1. The highest BCUT2D eigenvalue weighted by Gasteiger charge is 2.31. The molecule has 3 rings (SSSR count). The summed E-state index contributed by atoms with van der Waals surface area (Å²) in [6.45, 7) is 9.78. The smallest absolute Gasteiger partial charge is 0.237 e. The van der Waals surface area contributed by atoms with Gasteiger partial charge >= 0.3 is 0 Å². The summed E-state index contributed by atoms with van der Waals surface area (Å²) < 4.78 is 0. The number of hydrogen-bond donors (Lipinski definition) is 1. The first kappa shape index (κ1) is 16.5. The molecule has 0 bridgehead atoms. The maximum absolute atomic E-state index is 12.6. The summed E-state index contributed by atoms with van der Waals surface area (Å²) in [6, 6.07) is 0.498. The Hall–Kier alpha value is -1.36. The number of piperazine rings is 1. The molecule has 2 aliphatic rings. The Morgan fingerprint density at radius 3 is 2.61 bits per heavy atom. The van der Waals surface area contributed by atoms with Crippen molar-refractivity contribution in [2.24, 2.45) is 0 Å². The molecule has 1 aromatic rings. The van der Waals surface area contributed by atoms with Crippen molar-refractivity contribution >= 4 is 5.91 Å². The highest BCUT2D eigenvalue weighted by molar-refractivity contribution is 5.79. The van der Waals surface area contributed by atoms with Crippen molar-refractivity contribution in [2.45, 2.75) is 70.9 Å². The van der Waals surface area contributed by atoms with E-state index in [1.165, 1.54) is 43.4 Å². The minimum absolute atomic E-state index is 0.0553. The molecule has 1 N–H and O–H groups in total. The Kier molecular flexibility index (Phi) is 4.76. The Bertz CT molecular complexity index is 539. The van der Waals surface area contributed by atoms with Crippen LogP contribution in [0.25, 0.3) is 0 Å². The molecule has 0 spiro atoms. The minimum atomic E-state index is 0.0553. The van der Waals surface area contributed by atoms with Gasteiger partial charge < -0.3 is 4.90 Å². The van der Waals surface area contributed by atoms with Gasteiger partial charge in [0.25, 0.3) is 0 Å². The number of nitrogens with zero attached hydrogens (tertiary/aromatic N) is 3. The van der Waals surface area contributed by atoms with Gasteiger partial charge in [0.15, 0.2) is 0 Å². The number of aromatic amines is 1. The third-order valence-corrected chi connectivity index (χ3v) is 5.21. The lowest BCUT2D eigenvalue weighted by Crippen LogP contribution is -2.54. The van der Waals surface area contributed by atoms with Gasteiger partial charge in [0, 0.05) is 42.3 Å². The van der Waals surface area contributed by atoms with Crippen LogP contribution in [-0.4, -0.2) is 51.6 Å². The van der Waals surface area contributed by atoms with E-state index < -0.39 is 0 Å². The zero-order valence-electron chi connectivity index (χ0n) is 14.8. The van der Waals surface area contributed by atoms with Crippen LogP contribution < -0.4 is 0 Å². The zero-order chi connectivity index (χ0) is 16.4. The molecule has 0 unspecified atom stereocenters. The first-order valence-corrected chi connectivity index (χ1v) is 8.99. The molecule has 1 saturated carbocycles. The second kappa shape index (κ2) is 6.63. The highest BCUT2D eigenvalue weighted by Crippen LogP contribution is 2.26. The van der Waals surface area contributed by atoms with E-state index in [2.05, 4.69) is 40.8 Å². The zero-order valence-corrected chi connectivity index (χ0v) is 14.8. The third kappa shape index (κ3) is 3.77. The Morgan fingerprint density at radius 2 is 1.96 bits per heavy atom. The molecular weight excluding hydrogens is 288 g/mol. The van der Waals surface area contributed by atoms with Crippen molar-refractivity contribution in [1.29, 1.82) is 0 Å². The van der Waals surface area contributed by atoms with Crippen molar-refractivity contribution in [2.75, 3.05) is 19.6 Å². The molecule has 1 amide bonds. The van der Waals surface area contributed by atoms with Crippen LogP contribution in [0.2, 0.25) is 0 Å². The van der Waals surface area contributed by atoms with Crippen LogP contribution in [0.3, 0.4) is 0 Å². The lowest BCUT2D eigenvalue weighted by atomic mass is 9.89. The van der Waals surface area contributed by atoms with Crippen molar-refractivity contribution in [3.05, 3.63) is 17.5 Å². The summed E-state index contributed by atoms with van der Waals surface area (Å²) in [5, 5.41) is 7.35. The van der Waals surface area contributed by atoms with E-state index in [1.807, 2.05) is 6.20 Å². The number of rotatable bonds is 3. The molecule has 0 atom stereocenters. The molecular formula is C18H30N4O. The normalized spacial score (nSPS) is 21.9. The Balaban J connectivity index is 1.60. The Morgan fingerprint density at radius 1 is 1.22 bits per heavy atom. The monoisotopic (exact) mass is 318 g/mol. The molecule has 2 heterocycles. The number of nitrogens with one attached hydrogen (secondary N) is 1. The molecule has 1 aliphatic carbocycles. The number of amides is 1. The van der Waals surface area contributed by atoms with Gasteiger partial charge in [0.05, 0.1) is 12.7 Å². The molecule has 23 heavy (non-hydrogen) atoms. The van der Waals surface area contributed by atoms with Crippen LogP contribution >= 0.6 is 0 Å². The molecule has 5 heteroatoms. The number of aromatic nitrogens is 2. The van der Waals surface area contributed by atoms with E-state index in [0.717, 1.165) is 19.6 Å². The maximum atomic E-state index is 12.6. The van der Waals surface area contributed by atoms with Crippen molar-refractivity contribution in [3.63, 3.8) is 0 Å². The van der Waals surface area contributed by atoms with Gasteiger partial charge in [-0.3, -0.25) is 14.8 Å². The van der Waals surface area contributed by atoms with Gasteiger partial charge in [-0.15, -0.1) is 0 Å². The summed E-state index contributed by atoms with van der Waals surface area (Å²) in [5.74, 6) is 0.309. The number of hydrogen-bond acceptors (Lipinski definition) is 3. The summed E-state index contributed by atoms with van der Waals surface area (Å²) in [4.78, 5) is 17.0. The van der Waals surface area contributed by atoms with Crippen LogP contribution in [-0.2, 0) is 16.8 Å². The summed E-state index contributed by atoms with van der Waals surface area (Å²) in [6.07, 6.45) is 8.20. The van der Waals surface area contributed by atoms with Crippen LogP contribution in [0.1, 0.15) is 64.1 Å². The van der Waals surface area contributed by atoms with Crippen LogP contribution in [0.4, 0.5) is 0 Å². The fourth-order valence-electron chi connectivity index (χ4n) is 3.97. The van der Waals surface area contributed by atoms with Gasteiger partial charge in [-0.1, -0.05) is 40.0 Å². The van der Waals surface area contributed by atoms with Gasteiger partial charge in [-0.2, -0.15) is 5.10 Å². The van der Waals surface area contributed by atoms with Crippen molar-refractivity contribution in [3.8, 4) is 0 Å². The molecule has 0 radical (unpaired) electrons. The average Bonchev–Trinajstić information content (AvgIpc) is 2.96. The molecule has 1 saturated heterocycles. The Labute approximate surface area is 139 Å². The second-order valence-corrected chi connectivity index (χ2v) is 8.11. The van der Waals surface area contributed by atoms with Crippen LogP contribution in [0, 0.1) is 0 Å². The minimum Gasteiger partial charge on any atom is -0.337 e. The molecule has 1 aliphatic heterocycles. The third-order valence-electron chi connectivity index (χ3n) is 5.21. The molecule has 1 aromatic heterocycles. The van der Waals surface area contributed by atoms with E-state index in [9.17, 15) is 4.79 Å². The predicted octanol–water partition coefficient (Wildman–Crippen LogP) is 2.68. The second-order valence-electron chi connectivity index (χ2n) is 8.11. The first-order chi connectivity index (χ1) is 10.9. The fraction of sp³-hybridized carbons (Fsp3) is 0.778. The van der Waals surface area contributed by atoms with E-state index in [-0.39, 0.29) is 5.41 Å². The van der Waals surface area contributed by atoms with Gasteiger partial charge in [-0.25, -0.2) is 0 Å². The lowest BCUT2D eigenvalue weighted by Gasteiger charge is -2.40. The standard InChI is InChI=1S/C18H30N4O/c1-18(2,3)17-14(11-19-20-17)12-21-9-10-22(16(23)13-21)15-7-5-4-6-8-15/h11,15H,4-10,12-13H2,1-3H3,(H,19,20). The van der Waals surface area contributed by atoms with Gasteiger partial charge in [0.2, 0.25) is 5.91 Å². The van der Waals surface area contributed by atoms with Crippen molar-refractivity contribution < 1.29 is 4.79 Å². The summed E-state index contributed by atoms with van der Waals surface area (Å²) >= 11 is 0.